The lowest BCUT2D eigenvalue weighted by Gasteiger charge is -2.20. The second kappa shape index (κ2) is 7.29. The third-order valence-corrected chi connectivity index (χ3v) is 5.61. The number of nitrogens with zero attached hydrogens (tertiary/aromatic N) is 2. The van der Waals surface area contributed by atoms with Crippen LogP contribution in [0.25, 0.3) is 11.4 Å². The first kappa shape index (κ1) is 18.9. The van der Waals surface area contributed by atoms with E-state index in [-0.39, 0.29) is 46.2 Å². The number of nitrogen functional groups attached to an aromatic ring is 1. The Morgan fingerprint density at radius 3 is 2.55 bits per heavy atom. The molecule has 0 aliphatic heterocycles. The van der Waals surface area contributed by atoms with E-state index in [1.54, 1.807) is 24.3 Å². The van der Waals surface area contributed by atoms with Crippen molar-refractivity contribution in [3.63, 3.8) is 0 Å². The average Bonchev–Trinajstić information content (AvgIpc) is 3.47. The molecule has 0 fully saturated rings. The van der Waals surface area contributed by atoms with Crippen LogP contribution in [0, 0.1) is 0 Å². The van der Waals surface area contributed by atoms with E-state index >= 15 is 0 Å². The molecule has 1 aliphatic carbocycles. The topological polar surface area (TPSA) is 125 Å². The summed E-state index contributed by atoms with van der Waals surface area (Å²) >= 11 is 1.50. The summed E-state index contributed by atoms with van der Waals surface area (Å²) in [4.78, 5) is 42.5. The van der Waals surface area contributed by atoms with E-state index in [0.717, 1.165) is 5.56 Å². The van der Waals surface area contributed by atoms with Crippen molar-refractivity contribution in [1.82, 2.24) is 10.1 Å². The van der Waals surface area contributed by atoms with Crippen molar-refractivity contribution in [3.8, 4) is 11.4 Å². The Morgan fingerprint density at radius 1 is 1.03 bits per heavy atom. The van der Waals surface area contributed by atoms with Crippen LogP contribution >= 0.6 is 11.3 Å². The van der Waals surface area contributed by atoms with Crippen molar-refractivity contribution in [2.75, 3.05) is 5.73 Å². The predicted molar refractivity (Wildman–Crippen MR) is 111 cm³/mol. The van der Waals surface area contributed by atoms with Gasteiger partial charge in [0.2, 0.25) is 5.82 Å². The molecule has 0 saturated carbocycles. The number of carbonyl (C=O) groups excluding carboxylic acids is 3. The smallest absolute Gasteiger partial charge is 0.340 e. The molecular formula is C22H13N3O5S. The molecule has 2 heterocycles. The van der Waals surface area contributed by atoms with Crippen LogP contribution in [0.1, 0.15) is 48.1 Å². The van der Waals surface area contributed by atoms with Crippen LogP contribution in [0.5, 0.6) is 0 Å². The van der Waals surface area contributed by atoms with Gasteiger partial charge in [-0.2, -0.15) is 16.3 Å². The van der Waals surface area contributed by atoms with E-state index in [0.29, 0.717) is 11.4 Å². The lowest BCUT2D eigenvalue weighted by atomic mass is 9.82. The number of anilines is 1. The van der Waals surface area contributed by atoms with E-state index < -0.39 is 11.8 Å². The van der Waals surface area contributed by atoms with Crippen LogP contribution in [0.15, 0.2) is 57.7 Å². The van der Waals surface area contributed by atoms with Gasteiger partial charge >= 0.3 is 5.97 Å². The zero-order valence-electron chi connectivity index (χ0n) is 15.8. The number of fused-ring (bicyclic) bond motifs is 2. The highest BCUT2D eigenvalue weighted by molar-refractivity contribution is 7.08. The minimum Gasteiger partial charge on any atom is -0.452 e. The van der Waals surface area contributed by atoms with Gasteiger partial charge in [0, 0.05) is 27.6 Å². The van der Waals surface area contributed by atoms with Gasteiger partial charge in [-0.05, 0) is 23.6 Å². The van der Waals surface area contributed by atoms with Crippen LogP contribution in [0.4, 0.5) is 5.69 Å². The Hall–Kier alpha value is -4.11. The largest absolute Gasteiger partial charge is 0.452 e. The van der Waals surface area contributed by atoms with E-state index in [2.05, 4.69) is 10.1 Å². The van der Waals surface area contributed by atoms with E-state index in [4.69, 9.17) is 15.0 Å². The quantitative estimate of drug-likeness (QED) is 0.338. The van der Waals surface area contributed by atoms with Crippen LogP contribution < -0.4 is 5.73 Å². The minimum absolute atomic E-state index is 0.00989. The maximum absolute atomic E-state index is 12.9. The predicted octanol–water partition coefficient (Wildman–Crippen LogP) is 3.51. The van der Waals surface area contributed by atoms with Crippen LogP contribution in [0.3, 0.4) is 0 Å². The van der Waals surface area contributed by atoms with Crippen molar-refractivity contribution in [2.45, 2.75) is 6.61 Å². The Kier molecular flexibility index (Phi) is 4.45. The normalized spacial score (nSPS) is 12.4. The van der Waals surface area contributed by atoms with Crippen molar-refractivity contribution >= 4 is 34.6 Å². The maximum atomic E-state index is 12.9. The zero-order valence-corrected chi connectivity index (χ0v) is 16.6. The number of benzene rings is 2. The molecule has 0 saturated heterocycles. The number of aromatic nitrogens is 2. The molecule has 2 aromatic heterocycles. The second-order valence-corrected chi connectivity index (χ2v) is 7.53. The Bertz CT molecular complexity index is 1360. The minimum atomic E-state index is -0.769. The summed E-state index contributed by atoms with van der Waals surface area (Å²) in [5.41, 5.74) is 7.55. The fourth-order valence-electron chi connectivity index (χ4n) is 3.42. The van der Waals surface area contributed by atoms with Crippen molar-refractivity contribution < 1.29 is 23.6 Å². The molecule has 0 amide bonds. The van der Waals surface area contributed by atoms with Gasteiger partial charge in [-0.3, -0.25) is 9.59 Å². The number of rotatable bonds is 4. The monoisotopic (exact) mass is 431 g/mol. The number of carbonyl (C=O) groups is 3. The fourth-order valence-corrected chi connectivity index (χ4v) is 4.05. The van der Waals surface area contributed by atoms with Gasteiger partial charge in [-0.1, -0.05) is 29.4 Å². The van der Waals surface area contributed by atoms with Gasteiger partial charge in [0.1, 0.15) is 0 Å². The molecule has 2 N–H and O–H groups in total. The standard InChI is InChI=1S/C22H13N3O5S/c23-18-15(22(28)29-9-16-24-21(25-30-16)11-7-8-31-10-11)6-5-14-17(18)20(27)13-4-2-1-3-12(13)19(14)26/h1-8,10H,9,23H2. The van der Waals surface area contributed by atoms with Gasteiger partial charge in [-0.15, -0.1) is 0 Å². The third kappa shape index (κ3) is 3.11. The first-order valence-corrected chi connectivity index (χ1v) is 10.1. The van der Waals surface area contributed by atoms with Gasteiger partial charge in [0.25, 0.3) is 5.89 Å². The summed E-state index contributed by atoms with van der Waals surface area (Å²) in [6, 6.07) is 11.1. The molecule has 0 unspecified atom stereocenters. The van der Waals surface area contributed by atoms with E-state index in [1.807, 2.05) is 16.8 Å². The molecule has 0 spiro atoms. The van der Waals surface area contributed by atoms with Gasteiger partial charge in [-0.25, -0.2) is 4.79 Å². The maximum Gasteiger partial charge on any atom is 0.340 e. The molecule has 0 atom stereocenters. The lowest BCUT2D eigenvalue weighted by Crippen LogP contribution is -2.24. The molecule has 9 heteroatoms. The van der Waals surface area contributed by atoms with Gasteiger partial charge in [0.05, 0.1) is 16.8 Å². The SMILES string of the molecule is Nc1c(C(=O)OCc2nc(-c3ccsc3)no2)ccc2c1C(=O)c1ccccc1C2=O. The van der Waals surface area contributed by atoms with E-state index in [1.165, 1.54) is 23.5 Å². The molecule has 0 radical (unpaired) electrons. The lowest BCUT2D eigenvalue weighted by molar-refractivity contribution is 0.0431. The van der Waals surface area contributed by atoms with Gasteiger partial charge < -0.3 is 15.0 Å². The van der Waals surface area contributed by atoms with Crippen molar-refractivity contribution in [2.24, 2.45) is 0 Å². The Balaban J connectivity index is 1.39. The number of esters is 1. The summed E-state index contributed by atoms with van der Waals surface area (Å²) in [5.74, 6) is -0.984. The summed E-state index contributed by atoms with van der Waals surface area (Å²) in [5, 5.41) is 7.60. The molecule has 152 valence electrons. The van der Waals surface area contributed by atoms with Gasteiger partial charge in [0.15, 0.2) is 18.2 Å². The number of nitrogens with two attached hydrogens (primary N) is 1. The molecular weight excluding hydrogens is 418 g/mol. The first-order valence-electron chi connectivity index (χ1n) is 9.18. The number of ketones is 2. The molecule has 8 nitrogen and oxygen atoms in total. The number of ether oxygens (including phenoxy) is 1. The molecule has 4 aromatic rings. The molecule has 5 rings (SSSR count). The Labute approximate surface area is 179 Å². The molecule has 31 heavy (non-hydrogen) atoms. The average molecular weight is 431 g/mol. The summed E-state index contributed by atoms with van der Waals surface area (Å²) in [6.45, 7) is -0.262. The molecule has 1 aliphatic rings. The molecule has 0 bridgehead atoms. The van der Waals surface area contributed by atoms with Crippen molar-refractivity contribution in [1.29, 1.82) is 0 Å². The van der Waals surface area contributed by atoms with E-state index in [9.17, 15) is 14.4 Å². The summed E-state index contributed by atoms with van der Waals surface area (Å²) < 4.78 is 10.3. The first-order chi connectivity index (χ1) is 15.0. The fraction of sp³-hybridized carbons (Fsp3) is 0.0455. The zero-order chi connectivity index (χ0) is 21.5. The number of hydrogen-bond donors (Lipinski definition) is 1. The Morgan fingerprint density at radius 2 is 1.81 bits per heavy atom. The van der Waals surface area contributed by atoms with Crippen LogP contribution in [0.2, 0.25) is 0 Å². The summed E-state index contributed by atoms with van der Waals surface area (Å²) in [7, 11) is 0. The molecule has 2 aromatic carbocycles. The van der Waals surface area contributed by atoms with Crippen molar-refractivity contribution in [3.05, 3.63) is 86.9 Å². The highest BCUT2D eigenvalue weighted by atomic mass is 32.1. The number of thiophene rings is 1. The highest BCUT2D eigenvalue weighted by Gasteiger charge is 2.33. The highest BCUT2D eigenvalue weighted by Crippen LogP contribution is 2.33. The van der Waals surface area contributed by atoms with Crippen LogP contribution in [-0.2, 0) is 11.3 Å². The van der Waals surface area contributed by atoms with Crippen LogP contribution in [-0.4, -0.2) is 27.7 Å². The summed E-state index contributed by atoms with van der Waals surface area (Å²) in [6.07, 6.45) is 0. The third-order valence-electron chi connectivity index (χ3n) is 4.93. The second-order valence-electron chi connectivity index (χ2n) is 6.75. The number of hydrogen-bond acceptors (Lipinski definition) is 9.